The summed E-state index contributed by atoms with van der Waals surface area (Å²) in [6, 6.07) is 20.2. The quantitative estimate of drug-likeness (QED) is 0.518. The molecule has 0 unspecified atom stereocenters. The Morgan fingerprint density at radius 3 is 2.65 bits per heavy atom. The number of para-hydroxylation sites is 1. The van der Waals surface area contributed by atoms with Crippen LogP contribution >= 0.6 is 12.2 Å². The fourth-order valence-electron chi connectivity index (χ4n) is 2.91. The van der Waals surface area contributed by atoms with Crippen LogP contribution in [0.15, 0.2) is 60.7 Å². The van der Waals surface area contributed by atoms with Gasteiger partial charge in [0.05, 0.1) is 12.1 Å². The smallest absolute Gasteiger partial charge is 0.264 e. The highest BCUT2D eigenvalue weighted by molar-refractivity contribution is 7.80. The Bertz CT molecular complexity index is 1100. The molecule has 130 valence electrons. The Kier molecular flexibility index (Phi) is 4.26. The summed E-state index contributed by atoms with van der Waals surface area (Å²) in [5.74, 6) is 0.765. The Balaban J connectivity index is 1.82. The number of rotatable bonds is 3. The maximum absolute atomic E-state index is 6.08. The molecular weight excluding hydrogens is 344 g/mol. The van der Waals surface area contributed by atoms with Gasteiger partial charge in [-0.25, -0.2) is 4.68 Å². The van der Waals surface area contributed by atoms with Gasteiger partial charge in [0, 0.05) is 25.0 Å². The largest absolute Gasteiger partial charge is 0.431 e. The van der Waals surface area contributed by atoms with Gasteiger partial charge in [-0.15, -0.1) is 5.10 Å². The molecule has 0 radical (unpaired) electrons. The first-order valence-corrected chi connectivity index (χ1v) is 8.72. The molecule has 26 heavy (non-hydrogen) atoms. The van der Waals surface area contributed by atoms with E-state index in [9.17, 15) is 0 Å². The van der Waals surface area contributed by atoms with Crippen LogP contribution in [0, 0.1) is 0 Å². The van der Waals surface area contributed by atoms with Crippen LogP contribution in [-0.4, -0.2) is 39.2 Å². The minimum absolute atomic E-state index is 0.422. The number of hydrogen-bond donors (Lipinski definition) is 0. The van der Waals surface area contributed by atoms with Crippen molar-refractivity contribution in [2.75, 3.05) is 14.1 Å². The van der Waals surface area contributed by atoms with Gasteiger partial charge in [-0.2, -0.15) is 0 Å². The summed E-state index contributed by atoms with van der Waals surface area (Å²) in [6.45, 7) is 0.552. The summed E-state index contributed by atoms with van der Waals surface area (Å²) >= 11 is 5.38. The molecular formula is C20H18N4OS. The van der Waals surface area contributed by atoms with Crippen molar-refractivity contribution in [3.63, 3.8) is 0 Å². The Labute approximate surface area is 156 Å². The van der Waals surface area contributed by atoms with Crippen LogP contribution in [-0.2, 0) is 6.54 Å². The zero-order valence-corrected chi connectivity index (χ0v) is 15.4. The zero-order chi connectivity index (χ0) is 18.1. The van der Waals surface area contributed by atoms with Gasteiger partial charge in [0.25, 0.3) is 5.17 Å². The van der Waals surface area contributed by atoms with Crippen LogP contribution in [0.4, 0.5) is 0 Å². The highest BCUT2D eigenvalue weighted by Gasteiger charge is 2.14. The number of thiocarbonyl (C=S) groups is 1. The summed E-state index contributed by atoms with van der Waals surface area (Å²) in [6.07, 6.45) is 0. The molecule has 3 aromatic carbocycles. The fraction of sp³-hybridized carbons (Fsp3) is 0.150. The van der Waals surface area contributed by atoms with Gasteiger partial charge in [-0.1, -0.05) is 53.7 Å². The van der Waals surface area contributed by atoms with Crippen molar-refractivity contribution in [2.24, 2.45) is 0 Å². The number of fused-ring (bicyclic) bond motifs is 2. The first-order valence-electron chi connectivity index (χ1n) is 8.31. The normalized spacial score (nSPS) is 11.0. The molecule has 6 heteroatoms. The molecule has 0 N–H and O–H groups in total. The van der Waals surface area contributed by atoms with E-state index >= 15 is 0 Å². The van der Waals surface area contributed by atoms with Crippen LogP contribution in [0.2, 0.25) is 0 Å². The van der Waals surface area contributed by atoms with E-state index in [1.54, 1.807) is 4.90 Å². The first-order chi connectivity index (χ1) is 12.6. The molecule has 0 spiro atoms. The average Bonchev–Trinajstić information content (AvgIpc) is 3.06. The number of ether oxygens (including phenoxy) is 1. The average molecular weight is 362 g/mol. The molecule has 0 aliphatic carbocycles. The van der Waals surface area contributed by atoms with Crippen molar-refractivity contribution in [1.29, 1.82) is 0 Å². The van der Waals surface area contributed by atoms with Crippen molar-refractivity contribution in [3.8, 4) is 5.75 Å². The van der Waals surface area contributed by atoms with Crippen LogP contribution in [0.5, 0.6) is 5.75 Å². The topological polar surface area (TPSA) is 43.2 Å². The number of aromatic nitrogens is 3. The van der Waals surface area contributed by atoms with Crippen LogP contribution < -0.4 is 4.74 Å². The van der Waals surface area contributed by atoms with E-state index in [0.29, 0.717) is 11.7 Å². The Morgan fingerprint density at radius 1 is 1.04 bits per heavy atom. The second-order valence-corrected chi connectivity index (χ2v) is 6.62. The van der Waals surface area contributed by atoms with Gasteiger partial charge in [0.1, 0.15) is 11.3 Å². The molecule has 0 atom stereocenters. The van der Waals surface area contributed by atoms with Crippen molar-refractivity contribution in [1.82, 2.24) is 19.9 Å². The van der Waals surface area contributed by atoms with Gasteiger partial charge < -0.3 is 9.64 Å². The number of hydrogen-bond acceptors (Lipinski definition) is 4. The van der Waals surface area contributed by atoms with Crippen molar-refractivity contribution in [2.45, 2.75) is 6.54 Å². The van der Waals surface area contributed by atoms with E-state index in [-0.39, 0.29) is 0 Å². The standard InChI is InChI=1S/C20H18N4OS/c1-23(2)20(26)25-19-15(12-11-14-7-3-4-8-16(14)19)13-24-18-10-6-5-9-17(18)21-22-24/h3-12H,13H2,1-2H3. The molecule has 0 saturated heterocycles. The molecule has 1 heterocycles. The van der Waals surface area contributed by atoms with Crippen molar-refractivity contribution < 1.29 is 4.74 Å². The number of nitrogens with zero attached hydrogens (tertiary/aromatic N) is 4. The van der Waals surface area contributed by atoms with E-state index in [1.807, 2.05) is 61.2 Å². The second kappa shape index (κ2) is 6.72. The van der Waals surface area contributed by atoms with Gasteiger partial charge in [0.2, 0.25) is 0 Å². The third kappa shape index (κ3) is 2.99. The summed E-state index contributed by atoms with van der Waals surface area (Å²) < 4.78 is 7.96. The lowest BCUT2D eigenvalue weighted by atomic mass is 10.1. The lowest BCUT2D eigenvalue weighted by Crippen LogP contribution is -2.25. The Hall–Kier alpha value is -2.99. The third-order valence-electron chi connectivity index (χ3n) is 4.26. The summed E-state index contributed by atoms with van der Waals surface area (Å²) in [7, 11) is 3.75. The van der Waals surface area contributed by atoms with Gasteiger partial charge in [-0.05, 0) is 29.7 Å². The highest BCUT2D eigenvalue weighted by atomic mass is 32.1. The molecule has 0 bridgehead atoms. The monoisotopic (exact) mass is 362 g/mol. The summed E-state index contributed by atoms with van der Waals surface area (Å²) in [4.78, 5) is 1.78. The van der Waals surface area contributed by atoms with Crippen molar-refractivity contribution in [3.05, 3.63) is 66.2 Å². The van der Waals surface area contributed by atoms with E-state index in [1.165, 1.54) is 0 Å². The fourth-order valence-corrected chi connectivity index (χ4v) is 2.99. The van der Waals surface area contributed by atoms with Crippen LogP contribution in [0.3, 0.4) is 0 Å². The maximum Gasteiger partial charge on any atom is 0.264 e. The zero-order valence-electron chi connectivity index (χ0n) is 14.6. The maximum atomic E-state index is 6.08. The van der Waals surface area contributed by atoms with Gasteiger partial charge in [0.15, 0.2) is 0 Å². The molecule has 0 fully saturated rings. The lowest BCUT2D eigenvalue weighted by Gasteiger charge is -2.18. The molecule has 5 nitrogen and oxygen atoms in total. The van der Waals surface area contributed by atoms with Gasteiger partial charge in [-0.3, -0.25) is 0 Å². The number of benzene rings is 3. The highest BCUT2D eigenvalue weighted by Crippen LogP contribution is 2.31. The molecule has 0 aliphatic heterocycles. The molecule has 0 aliphatic rings. The van der Waals surface area contributed by atoms with E-state index in [4.69, 9.17) is 17.0 Å². The van der Waals surface area contributed by atoms with E-state index in [2.05, 4.69) is 28.5 Å². The van der Waals surface area contributed by atoms with Crippen LogP contribution in [0.1, 0.15) is 5.56 Å². The van der Waals surface area contributed by atoms with E-state index < -0.39 is 0 Å². The SMILES string of the molecule is CN(C)C(=S)Oc1c(Cn2nnc3ccccc32)ccc2ccccc12. The Morgan fingerprint density at radius 2 is 1.81 bits per heavy atom. The molecule has 0 amide bonds. The predicted molar refractivity (Wildman–Crippen MR) is 107 cm³/mol. The molecule has 4 rings (SSSR count). The predicted octanol–water partition coefficient (Wildman–Crippen LogP) is 3.86. The molecule has 0 saturated carbocycles. The van der Waals surface area contributed by atoms with Crippen molar-refractivity contribution >= 4 is 39.2 Å². The lowest BCUT2D eigenvalue weighted by molar-refractivity contribution is 0.447. The second-order valence-electron chi connectivity index (χ2n) is 6.27. The minimum Gasteiger partial charge on any atom is -0.431 e. The third-order valence-corrected chi connectivity index (χ3v) is 4.70. The van der Waals surface area contributed by atoms with Gasteiger partial charge >= 0.3 is 0 Å². The summed E-state index contributed by atoms with van der Waals surface area (Å²) in [5, 5.41) is 11.1. The first kappa shape index (κ1) is 16.5. The molecule has 1 aromatic heterocycles. The summed E-state index contributed by atoms with van der Waals surface area (Å²) in [5.41, 5.74) is 2.87. The molecule has 4 aromatic rings. The van der Waals surface area contributed by atoms with Crippen LogP contribution in [0.25, 0.3) is 21.8 Å². The van der Waals surface area contributed by atoms with E-state index in [0.717, 1.165) is 33.1 Å². The minimum atomic E-state index is 0.422.